The van der Waals surface area contributed by atoms with Crippen LogP contribution in [0.5, 0.6) is 0 Å². The lowest BCUT2D eigenvalue weighted by Gasteiger charge is -2.14. The van der Waals surface area contributed by atoms with Gasteiger partial charge in [0.05, 0.1) is 39.3 Å². The van der Waals surface area contributed by atoms with E-state index in [1.165, 1.54) is 54.6 Å². The summed E-state index contributed by atoms with van der Waals surface area (Å²) in [5.41, 5.74) is -3.26. The molecule has 2 amide bonds. The van der Waals surface area contributed by atoms with Crippen molar-refractivity contribution in [3.8, 4) is 11.3 Å². The van der Waals surface area contributed by atoms with Gasteiger partial charge in [0, 0.05) is 16.5 Å². The summed E-state index contributed by atoms with van der Waals surface area (Å²) in [4.78, 5) is 29.9. The van der Waals surface area contributed by atoms with Crippen LogP contribution < -0.4 is 10.0 Å². The first-order valence-electron chi connectivity index (χ1n) is 12.7. The number of rotatable bonds is 8. The van der Waals surface area contributed by atoms with E-state index in [0.717, 1.165) is 0 Å². The van der Waals surface area contributed by atoms with Crippen LogP contribution in [0, 0.1) is 0 Å². The molecule has 2 N–H and O–H groups in total. The van der Waals surface area contributed by atoms with Gasteiger partial charge in [0.2, 0.25) is 10.0 Å². The number of hydrogen-bond acceptors (Lipinski definition) is 5. The topological polar surface area (TPSA) is 105 Å². The van der Waals surface area contributed by atoms with E-state index in [1.54, 1.807) is 6.92 Å². The maximum atomic E-state index is 13.3. The molecule has 4 aromatic rings. The number of unbranched alkanes of at least 4 members (excludes halogenated alkanes) is 1. The first-order valence-corrected chi connectivity index (χ1v) is 14.4. The molecule has 0 unspecified atom stereocenters. The van der Waals surface area contributed by atoms with Gasteiger partial charge >= 0.3 is 12.4 Å². The van der Waals surface area contributed by atoms with Gasteiger partial charge in [0.25, 0.3) is 11.8 Å². The summed E-state index contributed by atoms with van der Waals surface area (Å²) < 4.78 is 106. The number of sulfonamides is 1. The third-order valence-electron chi connectivity index (χ3n) is 6.27. The summed E-state index contributed by atoms with van der Waals surface area (Å²) in [7, 11) is -3.89. The molecule has 0 saturated heterocycles. The summed E-state index contributed by atoms with van der Waals surface area (Å²) in [6.45, 7) is 1.80. The molecule has 43 heavy (non-hydrogen) atoms. The number of carbonyl (C=O) groups is 2. The second kappa shape index (κ2) is 12.0. The molecule has 0 radical (unpaired) electrons. The molecule has 3 aromatic carbocycles. The Labute approximate surface area is 242 Å². The number of anilines is 1. The summed E-state index contributed by atoms with van der Waals surface area (Å²) in [6.07, 6.45) is -9.07. The number of halogens is 6. The smallest absolute Gasteiger partial charge is 0.321 e. The number of amides is 2. The molecule has 1 aromatic heterocycles. The molecular formula is C29H23F6N3O4S. The lowest BCUT2D eigenvalue weighted by molar-refractivity contribution is -0.143. The minimum absolute atomic E-state index is 0.0304. The zero-order valence-corrected chi connectivity index (χ0v) is 23.1. The van der Waals surface area contributed by atoms with Crippen molar-refractivity contribution in [1.29, 1.82) is 0 Å². The highest BCUT2D eigenvalue weighted by Crippen LogP contribution is 2.38. The molecule has 226 valence electrons. The average molecular weight is 624 g/mol. The Kier molecular flexibility index (Phi) is 8.81. The van der Waals surface area contributed by atoms with Crippen LogP contribution in [0.2, 0.25) is 0 Å². The first-order chi connectivity index (χ1) is 20.1. The summed E-state index contributed by atoms with van der Waals surface area (Å²) in [5.74, 6) is -1.84. The fourth-order valence-electron chi connectivity index (χ4n) is 4.10. The minimum atomic E-state index is -5.02. The summed E-state index contributed by atoms with van der Waals surface area (Å²) in [5, 5.41) is 2.91. The zero-order valence-electron chi connectivity index (χ0n) is 22.3. The number of fused-ring (bicyclic) bond motifs is 1. The number of pyridine rings is 1. The Morgan fingerprint density at radius 2 is 1.47 bits per heavy atom. The van der Waals surface area contributed by atoms with Crippen LogP contribution in [0.3, 0.4) is 0 Å². The van der Waals surface area contributed by atoms with Crippen molar-refractivity contribution in [2.45, 2.75) is 32.1 Å². The quantitative estimate of drug-likeness (QED) is 0.205. The second-order valence-electron chi connectivity index (χ2n) is 9.50. The minimum Gasteiger partial charge on any atom is -0.321 e. The molecule has 0 aliphatic carbocycles. The zero-order chi connectivity index (χ0) is 31.6. The number of benzene rings is 3. The Bertz CT molecular complexity index is 1770. The van der Waals surface area contributed by atoms with Crippen LogP contribution in [0.25, 0.3) is 22.2 Å². The average Bonchev–Trinajstić information content (AvgIpc) is 2.94. The molecule has 4 rings (SSSR count). The van der Waals surface area contributed by atoms with Crippen molar-refractivity contribution in [2.75, 3.05) is 11.1 Å². The second-order valence-corrected chi connectivity index (χ2v) is 11.3. The number of carbonyl (C=O) groups excluding carboxylic acids is 2. The summed E-state index contributed by atoms with van der Waals surface area (Å²) in [6, 6.07) is 13.7. The maximum Gasteiger partial charge on any atom is 0.416 e. The fourth-order valence-corrected chi connectivity index (χ4v) is 5.26. The third kappa shape index (κ3) is 7.69. The highest BCUT2D eigenvalue weighted by molar-refractivity contribution is 7.90. The lowest BCUT2D eigenvalue weighted by Crippen LogP contribution is -2.33. The van der Waals surface area contributed by atoms with Crippen LogP contribution in [0.4, 0.5) is 32.0 Å². The van der Waals surface area contributed by atoms with Crippen molar-refractivity contribution >= 4 is 38.4 Å². The van der Waals surface area contributed by atoms with Crippen LogP contribution in [-0.2, 0) is 22.4 Å². The number of alkyl halides is 6. The van der Waals surface area contributed by atoms with Crippen LogP contribution >= 0.6 is 0 Å². The standard InChI is InChI=1S/C29H23F6N3O4S/c1-2-3-12-43(41,42)38-27(40)22-6-4-5-7-25(22)37-26(39)18-9-11-23-17(13-18)8-10-24(36-23)19-14-20(28(30,31)32)16-21(15-19)29(33,34)35/h4-11,13-16H,2-3,12H2,1H3,(H,37,39)(H,38,40). The molecule has 0 atom stereocenters. The van der Waals surface area contributed by atoms with Crippen molar-refractivity contribution < 1.29 is 44.3 Å². The van der Waals surface area contributed by atoms with E-state index >= 15 is 0 Å². The molecule has 0 fully saturated rings. The highest BCUT2D eigenvalue weighted by atomic mass is 32.2. The molecule has 0 saturated carbocycles. The van der Waals surface area contributed by atoms with Gasteiger partial charge in [-0.1, -0.05) is 31.5 Å². The monoisotopic (exact) mass is 623 g/mol. The van der Waals surface area contributed by atoms with Crippen molar-refractivity contribution in [3.63, 3.8) is 0 Å². The van der Waals surface area contributed by atoms with Crippen LogP contribution in [0.15, 0.2) is 72.8 Å². The van der Waals surface area contributed by atoms with Gasteiger partial charge in [0.15, 0.2) is 0 Å². The van der Waals surface area contributed by atoms with Gasteiger partial charge in [-0.15, -0.1) is 0 Å². The number of nitrogens with one attached hydrogen (secondary N) is 2. The van der Waals surface area contributed by atoms with Gasteiger partial charge < -0.3 is 5.32 Å². The van der Waals surface area contributed by atoms with Gasteiger partial charge in [-0.25, -0.2) is 18.1 Å². The Morgan fingerprint density at radius 3 is 2.09 bits per heavy atom. The van der Waals surface area contributed by atoms with Gasteiger partial charge in [-0.2, -0.15) is 26.3 Å². The summed E-state index contributed by atoms with van der Waals surface area (Å²) >= 11 is 0. The van der Waals surface area contributed by atoms with E-state index in [1.807, 2.05) is 4.72 Å². The van der Waals surface area contributed by atoms with Crippen molar-refractivity contribution in [2.24, 2.45) is 0 Å². The normalized spacial score (nSPS) is 12.3. The molecule has 0 bridgehead atoms. The lowest BCUT2D eigenvalue weighted by atomic mass is 10.0. The van der Waals surface area contributed by atoms with Crippen LogP contribution in [0.1, 0.15) is 51.6 Å². The van der Waals surface area contributed by atoms with Crippen molar-refractivity contribution in [3.05, 3.63) is 95.1 Å². The Morgan fingerprint density at radius 1 is 0.814 bits per heavy atom. The molecule has 0 spiro atoms. The Hall–Kier alpha value is -4.46. The number of para-hydroxylation sites is 1. The third-order valence-corrected chi connectivity index (χ3v) is 7.59. The van der Waals surface area contributed by atoms with Gasteiger partial charge in [-0.05, 0) is 61.0 Å². The number of aromatic nitrogens is 1. The largest absolute Gasteiger partial charge is 0.416 e. The molecule has 1 heterocycles. The van der Waals surface area contributed by atoms with Crippen LogP contribution in [-0.4, -0.2) is 31.0 Å². The van der Waals surface area contributed by atoms with E-state index < -0.39 is 50.9 Å². The number of nitrogens with zero attached hydrogens (tertiary/aromatic N) is 1. The Balaban J connectivity index is 1.60. The van der Waals surface area contributed by atoms with Gasteiger partial charge in [0.1, 0.15) is 0 Å². The molecule has 0 aliphatic heterocycles. The van der Waals surface area contributed by atoms with Crippen molar-refractivity contribution in [1.82, 2.24) is 9.71 Å². The molecular weight excluding hydrogens is 600 g/mol. The van der Waals surface area contributed by atoms with E-state index in [2.05, 4.69) is 10.3 Å². The SMILES string of the molecule is CCCCS(=O)(=O)NC(=O)c1ccccc1NC(=O)c1ccc2nc(-c3cc(C(F)(F)F)cc(C(F)(F)F)c3)ccc2c1. The molecule has 7 nitrogen and oxygen atoms in total. The predicted octanol–water partition coefficient (Wildman–Crippen LogP) is 7.05. The fraction of sp³-hybridized carbons (Fsp3) is 0.207. The van der Waals surface area contributed by atoms with E-state index in [4.69, 9.17) is 0 Å². The number of hydrogen-bond donors (Lipinski definition) is 2. The van der Waals surface area contributed by atoms with E-state index in [9.17, 15) is 44.3 Å². The molecule has 0 aliphatic rings. The van der Waals surface area contributed by atoms with E-state index in [-0.39, 0.29) is 39.8 Å². The van der Waals surface area contributed by atoms with E-state index in [0.29, 0.717) is 30.4 Å². The first kappa shape index (κ1) is 31.5. The van der Waals surface area contributed by atoms with Gasteiger partial charge in [-0.3, -0.25) is 9.59 Å². The molecule has 14 heteroatoms. The highest BCUT2D eigenvalue weighted by Gasteiger charge is 2.37. The predicted molar refractivity (Wildman–Crippen MR) is 148 cm³/mol. The maximum absolute atomic E-state index is 13.3.